The van der Waals surface area contributed by atoms with Crippen molar-refractivity contribution < 1.29 is 14.4 Å². The molecule has 0 bridgehead atoms. The molecule has 8 heteroatoms. The van der Waals surface area contributed by atoms with E-state index in [0.717, 1.165) is 10.6 Å². The van der Waals surface area contributed by atoms with Gasteiger partial charge in [-0.1, -0.05) is 0 Å². The summed E-state index contributed by atoms with van der Waals surface area (Å²) < 4.78 is 1.58. The van der Waals surface area contributed by atoms with E-state index in [-0.39, 0.29) is 22.7 Å². The molecule has 1 aliphatic rings. The van der Waals surface area contributed by atoms with Crippen LogP contribution >= 0.6 is 15.9 Å². The van der Waals surface area contributed by atoms with Gasteiger partial charge in [0.2, 0.25) is 0 Å². The summed E-state index contributed by atoms with van der Waals surface area (Å²) in [5.74, 6) is -1.55. The van der Waals surface area contributed by atoms with Crippen molar-refractivity contribution in [1.29, 1.82) is 0 Å². The molecule has 1 aromatic carbocycles. The molecule has 2 heterocycles. The zero-order valence-electron chi connectivity index (χ0n) is 11.8. The molecular formula is C15H10BrN3O4. The van der Waals surface area contributed by atoms with Crippen LogP contribution in [0.5, 0.6) is 0 Å². The van der Waals surface area contributed by atoms with Gasteiger partial charge >= 0.3 is 0 Å². The minimum atomic E-state index is -0.646. The SMILES string of the molecule is CC(=O)c1ccc(-n2c(N)c3c(cc2=O)C(=O)NC3=O)c(Br)c1. The number of anilines is 1. The van der Waals surface area contributed by atoms with E-state index < -0.39 is 17.4 Å². The molecule has 0 aliphatic carbocycles. The number of benzene rings is 1. The Morgan fingerprint density at radius 1 is 1.17 bits per heavy atom. The molecule has 7 nitrogen and oxygen atoms in total. The van der Waals surface area contributed by atoms with Crippen molar-refractivity contribution in [3.05, 3.63) is 55.8 Å². The van der Waals surface area contributed by atoms with E-state index in [0.29, 0.717) is 15.7 Å². The summed E-state index contributed by atoms with van der Waals surface area (Å²) in [5, 5.41) is 2.10. The number of nitrogen functional groups attached to an aromatic ring is 1. The molecule has 0 atom stereocenters. The first-order valence-electron chi connectivity index (χ1n) is 6.53. The Kier molecular flexibility index (Phi) is 3.41. The number of Topliss-reactive ketones (excluding diaryl/α,β-unsaturated/α-hetero) is 1. The second-order valence-electron chi connectivity index (χ2n) is 5.00. The van der Waals surface area contributed by atoms with Gasteiger partial charge in [-0.05, 0) is 41.1 Å². The van der Waals surface area contributed by atoms with E-state index in [1.807, 2.05) is 0 Å². The third kappa shape index (κ3) is 2.27. The van der Waals surface area contributed by atoms with Crippen LogP contribution in [0.1, 0.15) is 38.0 Å². The molecule has 0 unspecified atom stereocenters. The van der Waals surface area contributed by atoms with E-state index in [2.05, 4.69) is 21.2 Å². The summed E-state index contributed by atoms with van der Waals surface area (Å²) in [6.07, 6.45) is 0. The van der Waals surface area contributed by atoms with Crippen LogP contribution < -0.4 is 16.6 Å². The van der Waals surface area contributed by atoms with Crippen LogP contribution in [0.15, 0.2) is 33.5 Å². The van der Waals surface area contributed by atoms with Gasteiger partial charge in [0.1, 0.15) is 5.82 Å². The Hall–Kier alpha value is -2.74. The Labute approximate surface area is 138 Å². The lowest BCUT2D eigenvalue weighted by Gasteiger charge is -2.14. The Morgan fingerprint density at radius 3 is 2.48 bits per heavy atom. The van der Waals surface area contributed by atoms with Crippen molar-refractivity contribution in [3.8, 4) is 5.69 Å². The van der Waals surface area contributed by atoms with Gasteiger partial charge in [0.05, 0.1) is 16.8 Å². The number of nitrogens with zero attached hydrogens (tertiary/aromatic N) is 1. The molecule has 23 heavy (non-hydrogen) atoms. The van der Waals surface area contributed by atoms with Crippen molar-refractivity contribution in [2.45, 2.75) is 6.92 Å². The molecule has 0 spiro atoms. The first-order chi connectivity index (χ1) is 10.8. The molecule has 3 rings (SSSR count). The van der Waals surface area contributed by atoms with Gasteiger partial charge in [0.25, 0.3) is 17.4 Å². The highest BCUT2D eigenvalue weighted by molar-refractivity contribution is 9.10. The number of pyridine rings is 1. The molecular weight excluding hydrogens is 366 g/mol. The number of hydrogen-bond acceptors (Lipinski definition) is 5. The number of amides is 2. The van der Waals surface area contributed by atoms with Gasteiger partial charge in [-0.2, -0.15) is 0 Å². The number of aromatic nitrogens is 1. The number of ketones is 1. The van der Waals surface area contributed by atoms with Crippen LogP contribution in [0.4, 0.5) is 5.82 Å². The number of carbonyl (C=O) groups excluding carboxylic acids is 3. The highest BCUT2D eigenvalue weighted by atomic mass is 79.9. The van der Waals surface area contributed by atoms with Gasteiger partial charge < -0.3 is 5.73 Å². The van der Waals surface area contributed by atoms with Gasteiger partial charge in [0.15, 0.2) is 5.78 Å². The predicted octanol–water partition coefficient (Wildman–Crippen LogP) is 1.27. The third-order valence-corrected chi connectivity index (χ3v) is 4.18. The molecule has 0 saturated heterocycles. The predicted molar refractivity (Wildman–Crippen MR) is 86.0 cm³/mol. The molecule has 1 aliphatic heterocycles. The highest BCUT2D eigenvalue weighted by Gasteiger charge is 2.32. The second kappa shape index (κ2) is 5.17. The summed E-state index contributed by atoms with van der Waals surface area (Å²) in [4.78, 5) is 47.2. The van der Waals surface area contributed by atoms with Gasteiger partial charge in [0, 0.05) is 16.1 Å². The molecule has 1 aromatic heterocycles. The average Bonchev–Trinajstić information content (AvgIpc) is 2.75. The van der Waals surface area contributed by atoms with Crippen LogP contribution in [0.3, 0.4) is 0 Å². The Balaban J connectivity index is 2.29. The van der Waals surface area contributed by atoms with Crippen molar-refractivity contribution in [2.75, 3.05) is 5.73 Å². The zero-order chi connectivity index (χ0) is 16.9. The number of fused-ring (bicyclic) bond motifs is 1. The summed E-state index contributed by atoms with van der Waals surface area (Å²) >= 11 is 3.29. The number of carbonyl (C=O) groups is 3. The van der Waals surface area contributed by atoms with Crippen molar-refractivity contribution >= 4 is 39.3 Å². The minimum absolute atomic E-state index is 0.0304. The van der Waals surface area contributed by atoms with Gasteiger partial charge in [-0.15, -0.1) is 0 Å². The maximum absolute atomic E-state index is 12.3. The standard InChI is InChI=1S/C15H10BrN3O4/c1-6(20)7-2-3-10(9(16)4-7)19-11(21)5-8-12(13(19)17)15(23)18-14(8)22/h2-5H,17H2,1H3,(H,18,22,23). The molecule has 0 saturated carbocycles. The van der Waals surface area contributed by atoms with Crippen LogP contribution in [-0.4, -0.2) is 22.2 Å². The second-order valence-corrected chi connectivity index (χ2v) is 5.85. The van der Waals surface area contributed by atoms with Crippen LogP contribution in [0.2, 0.25) is 0 Å². The maximum Gasteiger partial charge on any atom is 0.262 e. The number of nitrogens with two attached hydrogens (primary N) is 1. The number of halogens is 1. The first kappa shape index (κ1) is 15.2. The van der Waals surface area contributed by atoms with Crippen molar-refractivity contribution in [2.24, 2.45) is 0 Å². The normalized spacial score (nSPS) is 13.0. The molecule has 0 fully saturated rings. The summed E-state index contributed by atoms with van der Waals surface area (Å²) in [6, 6.07) is 5.71. The minimum Gasteiger partial charge on any atom is -0.384 e. The number of hydrogen-bond donors (Lipinski definition) is 2. The van der Waals surface area contributed by atoms with Crippen LogP contribution in [0.25, 0.3) is 5.69 Å². The Bertz CT molecular complexity index is 962. The fourth-order valence-electron chi connectivity index (χ4n) is 2.44. The van der Waals surface area contributed by atoms with E-state index in [4.69, 9.17) is 5.73 Å². The summed E-state index contributed by atoms with van der Waals surface area (Å²) in [5.41, 5.74) is 6.16. The number of imide groups is 1. The molecule has 2 aromatic rings. The quantitative estimate of drug-likeness (QED) is 0.606. The van der Waals surface area contributed by atoms with Crippen molar-refractivity contribution in [1.82, 2.24) is 9.88 Å². The average molecular weight is 376 g/mol. The lowest BCUT2D eigenvalue weighted by atomic mass is 10.1. The van der Waals surface area contributed by atoms with Crippen LogP contribution in [0, 0.1) is 0 Å². The maximum atomic E-state index is 12.3. The molecule has 2 amide bonds. The smallest absolute Gasteiger partial charge is 0.262 e. The van der Waals surface area contributed by atoms with Crippen LogP contribution in [-0.2, 0) is 0 Å². The Morgan fingerprint density at radius 2 is 1.87 bits per heavy atom. The first-order valence-corrected chi connectivity index (χ1v) is 7.32. The van der Waals surface area contributed by atoms with Gasteiger partial charge in [-0.3, -0.25) is 29.1 Å². The largest absolute Gasteiger partial charge is 0.384 e. The molecule has 3 N–H and O–H groups in total. The summed E-state index contributed by atoms with van der Waals surface area (Å²) in [6.45, 7) is 1.42. The van der Waals surface area contributed by atoms with E-state index in [9.17, 15) is 19.2 Å². The molecule has 0 radical (unpaired) electrons. The number of rotatable bonds is 2. The van der Waals surface area contributed by atoms with E-state index >= 15 is 0 Å². The lowest BCUT2D eigenvalue weighted by Crippen LogP contribution is -2.24. The topological polar surface area (TPSA) is 111 Å². The zero-order valence-corrected chi connectivity index (χ0v) is 13.4. The van der Waals surface area contributed by atoms with Gasteiger partial charge in [-0.25, -0.2) is 0 Å². The highest BCUT2D eigenvalue weighted by Crippen LogP contribution is 2.27. The molecule has 116 valence electrons. The number of nitrogens with one attached hydrogen (secondary N) is 1. The third-order valence-electron chi connectivity index (χ3n) is 3.55. The van der Waals surface area contributed by atoms with Crippen molar-refractivity contribution in [3.63, 3.8) is 0 Å². The van der Waals surface area contributed by atoms with E-state index in [1.165, 1.54) is 6.92 Å². The van der Waals surface area contributed by atoms with E-state index in [1.54, 1.807) is 18.2 Å². The fraction of sp³-hybridized carbons (Fsp3) is 0.0667. The summed E-state index contributed by atoms with van der Waals surface area (Å²) in [7, 11) is 0. The lowest BCUT2D eigenvalue weighted by molar-refractivity contribution is 0.0879. The fourth-order valence-corrected chi connectivity index (χ4v) is 2.99. The monoisotopic (exact) mass is 375 g/mol.